The van der Waals surface area contributed by atoms with Gasteiger partial charge in [0.1, 0.15) is 13.2 Å². The van der Waals surface area contributed by atoms with Crippen molar-refractivity contribution in [2.24, 2.45) is 17.8 Å². The van der Waals surface area contributed by atoms with Crippen LogP contribution in [0, 0.1) is 17.8 Å². The Balaban J connectivity index is 4.24. The molecule has 0 amide bonds. The first-order valence-electron chi connectivity index (χ1n) is 26.1. The molecule has 6 heteroatoms. The van der Waals surface area contributed by atoms with Gasteiger partial charge in [-0.1, -0.05) is 247 Å². The van der Waals surface area contributed by atoms with Gasteiger partial charge in [0.25, 0.3) is 0 Å². The number of unbranched alkanes of at least 4 members (excludes halogenated alkanes) is 29. The second-order valence-electron chi connectivity index (χ2n) is 19.6. The third-order valence-corrected chi connectivity index (χ3v) is 11.9. The van der Waals surface area contributed by atoms with Gasteiger partial charge in [-0.3, -0.25) is 14.4 Å². The second kappa shape index (κ2) is 44.5. The lowest BCUT2D eigenvalue weighted by Gasteiger charge is -2.18. The highest BCUT2D eigenvalue weighted by molar-refractivity contribution is 5.71. The van der Waals surface area contributed by atoms with Gasteiger partial charge in [-0.2, -0.15) is 0 Å². The number of hydrogen-bond acceptors (Lipinski definition) is 6. The smallest absolute Gasteiger partial charge is 0.306 e. The third kappa shape index (κ3) is 47.3. The molecule has 0 aromatic rings. The summed E-state index contributed by atoms with van der Waals surface area (Å²) in [5.41, 5.74) is 0. The van der Waals surface area contributed by atoms with Crippen LogP contribution in [0.25, 0.3) is 0 Å². The predicted octanol–water partition coefficient (Wildman–Crippen LogP) is 16.8. The Morgan fingerprint density at radius 1 is 0.288 bits per heavy atom. The normalized spacial score (nSPS) is 12.2. The standard InChI is InChI=1S/C53H102O6/c1-47(2)39-33-27-21-15-13-11-9-7-8-10-12-14-16-24-30-36-42-51(54)57-45-50(59-53(56)44-38-32-26-20-18-23-29-35-41-49(5)6)46-58-52(55)43-37-31-25-19-17-22-28-34-40-48(3)4/h47-50H,7-46H2,1-6H3/t50-/m1/s1. The number of carbonyl (C=O) groups is 3. The molecule has 0 aromatic heterocycles. The molecule has 0 bridgehead atoms. The van der Waals surface area contributed by atoms with E-state index in [1.807, 2.05) is 0 Å². The maximum atomic E-state index is 12.7. The van der Waals surface area contributed by atoms with E-state index in [-0.39, 0.29) is 31.1 Å². The Labute approximate surface area is 368 Å². The van der Waals surface area contributed by atoms with Crippen molar-refractivity contribution in [2.75, 3.05) is 13.2 Å². The maximum Gasteiger partial charge on any atom is 0.306 e. The van der Waals surface area contributed by atoms with E-state index in [1.54, 1.807) is 0 Å². The summed E-state index contributed by atoms with van der Waals surface area (Å²) in [5.74, 6) is 1.59. The molecular weight excluding hydrogens is 733 g/mol. The molecule has 0 aliphatic carbocycles. The molecule has 59 heavy (non-hydrogen) atoms. The van der Waals surface area contributed by atoms with Gasteiger partial charge in [-0.15, -0.1) is 0 Å². The second-order valence-corrected chi connectivity index (χ2v) is 19.6. The van der Waals surface area contributed by atoms with E-state index in [0.717, 1.165) is 75.5 Å². The largest absolute Gasteiger partial charge is 0.462 e. The highest BCUT2D eigenvalue weighted by Crippen LogP contribution is 2.18. The summed E-state index contributed by atoms with van der Waals surface area (Å²) in [6, 6.07) is 0. The first-order chi connectivity index (χ1) is 28.6. The Kier molecular flexibility index (Phi) is 43.3. The van der Waals surface area contributed by atoms with E-state index in [2.05, 4.69) is 41.5 Å². The van der Waals surface area contributed by atoms with Gasteiger partial charge >= 0.3 is 17.9 Å². The lowest BCUT2D eigenvalue weighted by Crippen LogP contribution is -2.30. The molecule has 0 N–H and O–H groups in total. The van der Waals surface area contributed by atoms with Crippen molar-refractivity contribution in [1.82, 2.24) is 0 Å². The van der Waals surface area contributed by atoms with Crippen LogP contribution in [0.3, 0.4) is 0 Å². The molecule has 0 saturated heterocycles. The van der Waals surface area contributed by atoms with Crippen molar-refractivity contribution in [3.8, 4) is 0 Å². The summed E-state index contributed by atoms with van der Waals surface area (Å²) < 4.78 is 16.8. The Morgan fingerprint density at radius 2 is 0.492 bits per heavy atom. The summed E-state index contributed by atoms with van der Waals surface area (Å²) in [7, 11) is 0. The van der Waals surface area contributed by atoms with Crippen LogP contribution >= 0.6 is 0 Å². The molecule has 0 unspecified atom stereocenters. The van der Waals surface area contributed by atoms with Crippen LogP contribution in [-0.4, -0.2) is 37.2 Å². The van der Waals surface area contributed by atoms with Gasteiger partial charge in [0.2, 0.25) is 0 Å². The van der Waals surface area contributed by atoms with Gasteiger partial charge in [-0.25, -0.2) is 0 Å². The molecule has 0 rings (SSSR count). The van der Waals surface area contributed by atoms with E-state index < -0.39 is 6.10 Å². The molecule has 0 saturated carbocycles. The van der Waals surface area contributed by atoms with Crippen LogP contribution in [0.2, 0.25) is 0 Å². The lowest BCUT2D eigenvalue weighted by molar-refractivity contribution is -0.167. The van der Waals surface area contributed by atoms with Crippen molar-refractivity contribution in [3.63, 3.8) is 0 Å². The van der Waals surface area contributed by atoms with Gasteiger partial charge in [0.05, 0.1) is 0 Å². The van der Waals surface area contributed by atoms with Gasteiger partial charge in [0.15, 0.2) is 6.10 Å². The Bertz CT molecular complexity index is 914. The molecule has 0 aromatic carbocycles. The van der Waals surface area contributed by atoms with Crippen molar-refractivity contribution in [2.45, 2.75) is 292 Å². The average molecular weight is 835 g/mol. The summed E-state index contributed by atoms with van der Waals surface area (Å²) in [4.78, 5) is 37.9. The van der Waals surface area contributed by atoms with Crippen LogP contribution < -0.4 is 0 Å². The van der Waals surface area contributed by atoms with E-state index in [0.29, 0.717) is 19.3 Å². The van der Waals surface area contributed by atoms with Crippen LogP contribution in [-0.2, 0) is 28.6 Å². The molecule has 6 nitrogen and oxygen atoms in total. The number of hydrogen-bond donors (Lipinski definition) is 0. The van der Waals surface area contributed by atoms with E-state index in [4.69, 9.17) is 14.2 Å². The Morgan fingerprint density at radius 3 is 0.729 bits per heavy atom. The number of rotatable bonds is 46. The Hall–Kier alpha value is -1.59. The van der Waals surface area contributed by atoms with Gasteiger partial charge in [-0.05, 0) is 37.0 Å². The van der Waals surface area contributed by atoms with Gasteiger partial charge < -0.3 is 14.2 Å². The molecule has 0 fully saturated rings. The summed E-state index contributed by atoms with van der Waals surface area (Å²) >= 11 is 0. The predicted molar refractivity (Wildman–Crippen MR) is 252 cm³/mol. The molecular formula is C53H102O6. The summed E-state index contributed by atoms with van der Waals surface area (Å²) in [5, 5.41) is 0. The fourth-order valence-electron chi connectivity index (χ4n) is 7.94. The van der Waals surface area contributed by atoms with Crippen LogP contribution in [0.1, 0.15) is 286 Å². The minimum atomic E-state index is -0.763. The molecule has 0 radical (unpaired) electrons. The lowest BCUT2D eigenvalue weighted by atomic mass is 10.0. The highest BCUT2D eigenvalue weighted by atomic mass is 16.6. The first-order valence-corrected chi connectivity index (χ1v) is 26.1. The van der Waals surface area contributed by atoms with Crippen molar-refractivity contribution < 1.29 is 28.6 Å². The monoisotopic (exact) mass is 835 g/mol. The van der Waals surface area contributed by atoms with E-state index in [9.17, 15) is 14.4 Å². The van der Waals surface area contributed by atoms with Crippen molar-refractivity contribution >= 4 is 17.9 Å². The molecule has 0 heterocycles. The van der Waals surface area contributed by atoms with E-state index in [1.165, 1.54) is 167 Å². The van der Waals surface area contributed by atoms with E-state index >= 15 is 0 Å². The zero-order valence-corrected chi connectivity index (χ0v) is 40.5. The quantitative estimate of drug-likeness (QED) is 0.0345. The SMILES string of the molecule is CC(C)CCCCCCCCCCCCCCCCCCC(=O)OC[C@H](COC(=O)CCCCCCCCCCC(C)C)OC(=O)CCCCCCCCCCC(C)C. The topological polar surface area (TPSA) is 78.9 Å². The minimum Gasteiger partial charge on any atom is -0.462 e. The molecule has 0 aliphatic heterocycles. The molecule has 0 aliphatic rings. The van der Waals surface area contributed by atoms with Crippen LogP contribution in [0.15, 0.2) is 0 Å². The zero-order chi connectivity index (χ0) is 43.4. The summed E-state index contributed by atoms with van der Waals surface area (Å²) in [6.07, 6.45) is 43.9. The number of ether oxygens (including phenoxy) is 3. The fourth-order valence-corrected chi connectivity index (χ4v) is 7.94. The average Bonchev–Trinajstić information content (AvgIpc) is 3.19. The third-order valence-electron chi connectivity index (χ3n) is 11.9. The molecule has 1 atom stereocenters. The maximum absolute atomic E-state index is 12.7. The van der Waals surface area contributed by atoms with Crippen molar-refractivity contribution in [1.29, 1.82) is 0 Å². The molecule has 0 spiro atoms. The fraction of sp³-hybridized carbons (Fsp3) is 0.943. The molecule has 350 valence electrons. The minimum absolute atomic E-state index is 0.0652. The highest BCUT2D eigenvalue weighted by Gasteiger charge is 2.19. The number of carbonyl (C=O) groups excluding carboxylic acids is 3. The number of esters is 3. The van der Waals surface area contributed by atoms with Crippen molar-refractivity contribution in [3.05, 3.63) is 0 Å². The summed E-state index contributed by atoms with van der Waals surface area (Å²) in [6.45, 7) is 13.7. The zero-order valence-electron chi connectivity index (χ0n) is 40.5. The van der Waals surface area contributed by atoms with Gasteiger partial charge in [0, 0.05) is 19.3 Å². The van der Waals surface area contributed by atoms with Crippen LogP contribution in [0.5, 0.6) is 0 Å². The first kappa shape index (κ1) is 57.4. The van der Waals surface area contributed by atoms with Crippen LogP contribution in [0.4, 0.5) is 0 Å².